The van der Waals surface area contributed by atoms with Gasteiger partial charge in [-0.1, -0.05) is 17.7 Å². The highest BCUT2D eigenvalue weighted by Crippen LogP contribution is 2.37. The number of alkyl halides is 3. The Balaban J connectivity index is 1.56. The van der Waals surface area contributed by atoms with E-state index in [0.717, 1.165) is 37.7 Å². The molecule has 3 rings (SSSR count). The predicted octanol–water partition coefficient (Wildman–Crippen LogP) is 4.74. The molecule has 158 valence electrons. The SMILES string of the molecule is COc1ccc(CCN2CCN(c3ccc(Cl)c(C(F)(F)F)c3)CC2)cc1OC. The molecule has 0 unspecified atom stereocenters. The number of anilines is 1. The second-order valence-electron chi connectivity index (χ2n) is 6.93. The molecule has 0 amide bonds. The van der Waals surface area contributed by atoms with Crippen molar-refractivity contribution in [1.82, 2.24) is 4.90 Å². The Labute approximate surface area is 173 Å². The topological polar surface area (TPSA) is 24.9 Å². The first-order valence-corrected chi connectivity index (χ1v) is 9.74. The number of hydrogen-bond acceptors (Lipinski definition) is 4. The van der Waals surface area contributed by atoms with Gasteiger partial charge in [-0.05, 0) is 42.3 Å². The van der Waals surface area contributed by atoms with Crippen LogP contribution in [0.1, 0.15) is 11.1 Å². The molecule has 0 atom stereocenters. The normalized spacial score (nSPS) is 15.4. The first kappa shape index (κ1) is 21.6. The van der Waals surface area contributed by atoms with Crippen molar-refractivity contribution in [3.05, 3.63) is 52.5 Å². The van der Waals surface area contributed by atoms with Gasteiger partial charge in [-0.15, -0.1) is 0 Å². The zero-order chi connectivity index (χ0) is 21.0. The Bertz CT molecular complexity index is 837. The minimum Gasteiger partial charge on any atom is -0.493 e. The molecule has 1 saturated heterocycles. The van der Waals surface area contributed by atoms with Crippen LogP contribution in [0.25, 0.3) is 0 Å². The van der Waals surface area contributed by atoms with E-state index in [4.69, 9.17) is 21.1 Å². The van der Waals surface area contributed by atoms with Crippen molar-refractivity contribution in [2.45, 2.75) is 12.6 Å². The van der Waals surface area contributed by atoms with Crippen LogP contribution in [0.4, 0.5) is 18.9 Å². The summed E-state index contributed by atoms with van der Waals surface area (Å²) in [6.45, 7) is 3.79. The van der Waals surface area contributed by atoms with Crippen LogP contribution in [0.5, 0.6) is 11.5 Å². The fraction of sp³-hybridized carbons (Fsp3) is 0.429. The molecular formula is C21H24ClF3N2O2. The van der Waals surface area contributed by atoms with Gasteiger partial charge in [0.25, 0.3) is 0 Å². The highest BCUT2D eigenvalue weighted by Gasteiger charge is 2.34. The quantitative estimate of drug-likeness (QED) is 0.663. The zero-order valence-electron chi connectivity index (χ0n) is 16.4. The standard InChI is InChI=1S/C21H24ClF3N2O2/c1-28-19-6-3-15(13-20(19)29-2)7-8-26-9-11-27(12-10-26)16-4-5-18(22)17(14-16)21(23,24)25/h3-6,13-14H,7-12H2,1-2H3. The van der Waals surface area contributed by atoms with E-state index in [0.29, 0.717) is 30.3 Å². The molecule has 1 fully saturated rings. The molecule has 0 saturated carbocycles. The van der Waals surface area contributed by atoms with Crippen molar-refractivity contribution in [3.63, 3.8) is 0 Å². The molecule has 1 aliphatic rings. The summed E-state index contributed by atoms with van der Waals surface area (Å²) in [5.74, 6) is 1.41. The molecule has 1 aliphatic heterocycles. The number of methoxy groups -OCH3 is 2. The van der Waals surface area contributed by atoms with Gasteiger partial charge in [0.1, 0.15) is 0 Å². The van der Waals surface area contributed by atoms with E-state index < -0.39 is 11.7 Å². The third-order valence-corrected chi connectivity index (χ3v) is 5.49. The van der Waals surface area contributed by atoms with Crippen LogP contribution >= 0.6 is 11.6 Å². The largest absolute Gasteiger partial charge is 0.493 e. The van der Waals surface area contributed by atoms with Gasteiger partial charge in [0.15, 0.2) is 11.5 Å². The molecule has 2 aromatic rings. The third-order valence-electron chi connectivity index (χ3n) is 5.16. The maximum absolute atomic E-state index is 13.1. The number of nitrogens with zero attached hydrogens (tertiary/aromatic N) is 2. The van der Waals surface area contributed by atoms with Crippen LogP contribution in [-0.2, 0) is 12.6 Å². The maximum atomic E-state index is 13.1. The smallest absolute Gasteiger partial charge is 0.417 e. The fourth-order valence-corrected chi connectivity index (χ4v) is 3.70. The van der Waals surface area contributed by atoms with Gasteiger partial charge in [0, 0.05) is 38.4 Å². The lowest BCUT2D eigenvalue weighted by Crippen LogP contribution is -2.47. The molecule has 0 N–H and O–H groups in total. The summed E-state index contributed by atoms with van der Waals surface area (Å²) in [5.41, 5.74) is 0.923. The van der Waals surface area contributed by atoms with Crippen LogP contribution < -0.4 is 14.4 Å². The van der Waals surface area contributed by atoms with E-state index in [1.54, 1.807) is 20.3 Å². The molecular weight excluding hydrogens is 405 g/mol. The monoisotopic (exact) mass is 428 g/mol. The van der Waals surface area contributed by atoms with Gasteiger partial charge in [0.2, 0.25) is 0 Å². The number of halogens is 4. The second-order valence-corrected chi connectivity index (χ2v) is 7.34. The average molecular weight is 429 g/mol. The molecule has 0 aliphatic carbocycles. The fourth-order valence-electron chi connectivity index (χ4n) is 3.48. The van der Waals surface area contributed by atoms with Crippen LogP contribution in [0, 0.1) is 0 Å². The van der Waals surface area contributed by atoms with Crippen LogP contribution in [0.2, 0.25) is 5.02 Å². The Kier molecular flexibility index (Phi) is 6.80. The van der Waals surface area contributed by atoms with Crippen molar-refractivity contribution in [3.8, 4) is 11.5 Å². The average Bonchev–Trinajstić information content (AvgIpc) is 2.72. The van der Waals surface area contributed by atoms with Crippen molar-refractivity contribution in [2.24, 2.45) is 0 Å². The Morgan fingerprint density at radius 2 is 1.62 bits per heavy atom. The van der Waals surface area contributed by atoms with Crippen molar-refractivity contribution >= 4 is 17.3 Å². The lowest BCUT2D eigenvalue weighted by Gasteiger charge is -2.36. The first-order valence-electron chi connectivity index (χ1n) is 9.37. The molecule has 1 heterocycles. The van der Waals surface area contributed by atoms with E-state index in [1.165, 1.54) is 6.07 Å². The number of rotatable bonds is 6. The van der Waals surface area contributed by atoms with Gasteiger partial charge in [-0.2, -0.15) is 13.2 Å². The summed E-state index contributed by atoms with van der Waals surface area (Å²) >= 11 is 5.72. The Morgan fingerprint density at radius 3 is 2.24 bits per heavy atom. The minimum atomic E-state index is -4.45. The van der Waals surface area contributed by atoms with Gasteiger partial charge in [0.05, 0.1) is 24.8 Å². The molecule has 4 nitrogen and oxygen atoms in total. The van der Waals surface area contributed by atoms with E-state index in [2.05, 4.69) is 4.90 Å². The number of ether oxygens (including phenoxy) is 2. The molecule has 29 heavy (non-hydrogen) atoms. The first-order chi connectivity index (χ1) is 13.8. The summed E-state index contributed by atoms with van der Waals surface area (Å²) in [4.78, 5) is 4.28. The number of hydrogen-bond donors (Lipinski definition) is 0. The summed E-state index contributed by atoms with van der Waals surface area (Å²) in [6, 6.07) is 10.00. The summed E-state index contributed by atoms with van der Waals surface area (Å²) < 4.78 is 49.9. The van der Waals surface area contributed by atoms with E-state index >= 15 is 0 Å². The van der Waals surface area contributed by atoms with Crippen LogP contribution in [0.15, 0.2) is 36.4 Å². The van der Waals surface area contributed by atoms with E-state index in [9.17, 15) is 13.2 Å². The van der Waals surface area contributed by atoms with Crippen molar-refractivity contribution in [1.29, 1.82) is 0 Å². The number of piperazine rings is 1. The molecule has 0 spiro atoms. The Hall–Kier alpha value is -2.12. The van der Waals surface area contributed by atoms with Crippen molar-refractivity contribution in [2.75, 3.05) is 51.8 Å². The van der Waals surface area contributed by atoms with Crippen molar-refractivity contribution < 1.29 is 22.6 Å². The molecule has 0 radical (unpaired) electrons. The van der Waals surface area contributed by atoms with E-state index in [-0.39, 0.29) is 5.02 Å². The summed E-state index contributed by atoms with van der Waals surface area (Å²) in [7, 11) is 3.22. The van der Waals surface area contributed by atoms with Crippen LogP contribution in [-0.4, -0.2) is 51.8 Å². The molecule has 0 bridgehead atoms. The second kappa shape index (κ2) is 9.13. The predicted molar refractivity (Wildman–Crippen MR) is 108 cm³/mol. The number of benzene rings is 2. The zero-order valence-corrected chi connectivity index (χ0v) is 17.2. The van der Waals surface area contributed by atoms with Gasteiger partial charge in [-0.25, -0.2) is 0 Å². The van der Waals surface area contributed by atoms with Crippen LogP contribution in [0.3, 0.4) is 0 Å². The molecule has 0 aromatic heterocycles. The van der Waals surface area contributed by atoms with Gasteiger partial charge in [-0.3, -0.25) is 4.90 Å². The molecule has 2 aromatic carbocycles. The minimum absolute atomic E-state index is 0.269. The Morgan fingerprint density at radius 1 is 0.931 bits per heavy atom. The molecule has 8 heteroatoms. The van der Waals surface area contributed by atoms with Gasteiger partial charge >= 0.3 is 6.18 Å². The van der Waals surface area contributed by atoms with E-state index in [1.807, 2.05) is 23.1 Å². The highest BCUT2D eigenvalue weighted by molar-refractivity contribution is 6.31. The lowest BCUT2D eigenvalue weighted by molar-refractivity contribution is -0.137. The summed E-state index contributed by atoms with van der Waals surface area (Å²) in [6.07, 6.45) is -3.59. The third kappa shape index (κ3) is 5.28. The maximum Gasteiger partial charge on any atom is 0.417 e. The highest BCUT2D eigenvalue weighted by atomic mass is 35.5. The summed E-state index contributed by atoms with van der Waals surface area (Å²) in [5, 5.41) is -0.269. The van der Waals surface area contributed by atoms with Gasteiger partial charge < -0.3 is 14.4 Å². The lowest BCUT2D eigenvalue weighted by atomic mass is 10.1.